The van der Waals surface area contributed by atoms with Gasteiger partial charge in [-0.15, -0.1) is 11.3 Å². The van der Waals surface area contributed by atoms with Crippen molar-refractivity contribution in [1.29, 1.82) is 0 Å². The summed E-state index contributed by atoms with van der Waals surface area (Å²) < 4.78 is 12.9. The zero-order valence-corrected chi connectivity index (χ0v) is 10.5. The van der Waals surface area contributed by atoms with Crippen LogP contribution >= 0.6 is 11.3 Å². The van der Waals surface area contributed by atoms with Gasteiger partial charge in [0.2, 0.25) is 0 Å². The second-order valence-corrected chi connectivity index (χ2v) is 4.81. The molecule has 2 aromatic rings. The Bertz CT molecular complexity index is 508. The zero-order chi connectivity index (χ0) is 12.3. The Morgan fingerprint density at radius 2 is 2.18 bits per heavy atom. The highest BCUT2D eigenvalue weighted by molar-refractivity contribution is 7.10. The molecule has 0 fully saturated rings. The Morgan fingerprint density at radius 1 is 1.35 bits per heavy atom. The van der Waals surface area contributed by atoms with E-state index < -0.39 is 0 Å². The molecule has 3 N–H and O–H groups in total. The third kappa shape index (κ3) is 2.77. The summed E-state index contributed by atoms with van der Waals surface area (Å²) >= 11 is 1.72. The molecule has 1 aromatic heterocycles. The molecule has 0 spiro atoms. The molecule has 2 rings (SSSR count). The van der Waals surface area contributed by atoms with Crippen LogP contribution in [0.4, 0.5) is 15.8 Å². The van der Waals surface area contributed by atoms with Gasteiger partial charge in [-0.3, -0.25) is 0 Å². The lowest BCUT2D eigenvalue weighted by Crippen LogP contribution is -2.02. The van der Waals surface area contributed by atoms with Gasteiger partial charge >= 0.3 is 0 Å². The van der Waals surface area contributed by atoms with Crippen molar-refractivity contribution in [2.75, 3.05) is 11.1 Å². The molecule has 4 heteroatoms. The number of thiophene rings is 1. The second-order valence-electron chi connectivity index (χ2n) is 3.81. The van der Waals surface area contributed by atoms with Crippen LogP contribution in [0.15, 0.2) is 29.6 Å². The Kier molecular flexibility index (Phi) is 3.64. The Balaban J connectivity index is 2.07. The maximum Gasteiger partial charge on any atom is 0.125 e. The van der Waals surface area contributed by atoms with Crippen LogP contribution in [0, 0.1) is 5.82 Å². The van der Waals surface area contributed by atoms with Gasteiger partial charge in [-0.1, -0.05) is 6.92 Å². The second kappa shape index (κ2) is 5.19. The third-order valence-corrected chi connectivity index (χ3v) is 3.63. The standard InChI is InChI=1S/C13H15FN2S/c1-2-9-5-6-17-13(9)8-16-12-4-3-10(14)7-11(12)15/h3-7,16H,2,8,15H2,1H3. The van der Waals surface area contributed by atoms with E-state index in [2.05, 4.69) is 23.7 Å². The van der Waals surface area contributed by atoms with Gasteiger partial charge < -0.3 is 11.1 Å². The van der Waals surface area contributed by atoms with E-state index in [1.54, 1.807) is 17.4 Å². The summed E-state index contributed by atoms with van der Waals surface area (Å²) in [5.41, 5.74) is 8.31. The molecule has 1 heterocycles. The Labute approximate surface area is 104 Å². The van der Waals surface area contributed by atoms with Crippen LogP contribution in [0.1, 0.15) is 17.4 Å². The van der Waals surface area contributed by atoms with Crippen molar-refractivity contribution in [2.24, 2.45) is 0 Å². The first-order chi connectivity index (χ1) is 8.20. The first-order valence-corrected chi connectivity index (χ1v) is 6.42. The summed E-state index contributed by atoms with van der Waals surface area (Å²) in [4.78, 5) is 1.30. The predicted molar refractivity (Wildman–Crippen MR) is 71.8 cm³/mol. The zero-order valence-electron chi connectivity index (χ0n) is 9.66. The summed E-state index contributed by atoms with van der Waals surface area (Å²) in [6.07, 6.45) is 1.03. The van der Waals surface area contributed by atoms with E-state index in [0.29, 0.717) is 5.69 Å². The maximum atomic E-state index is 12.9. The first-order valence-electron chi connectivity index (χ1n) is 5.55. The van der Waals surface area contributed by atoms with E-state index in [4.69, 9.17) is 5.73 Å². The van der Waals surface area contributed by atoms with Crippen LogP contribution in [-0.2, 0) is 13.0 Å². The van der Waals surface area contributed by atoms with Gasteiger partial charge in [0.05, 0.1) is 11.4 Å². The van der Waals surface area contributed by atoms with Crippen molar-refractivity contribution in [1.82, 2.24) is 0 Å². The minimum atomic E-state index is -0.307. The number of hydrogen-bond donors (Lipinski definition) is 2. The van der Waals surface area contributed by atoms with E-state index in [0.717, 1.165) is 18.7 Å². The smallest absolute Gasteiger partial charge is 0.125 e. The van der Waals surface area contributed by atoms with Gasteiger partial charge in [-0.25, -0.2) is 4.39 Å². The molecule has 0 saturated carbocycles. The van der Waals surface area contributed by atoms with Crippen molar-refractivity contribution < 1.29 is 4.39 Å². The fourth-order valence-electron chi connectivity index (χ4n) is 1.71. The van der Waals surface area contributed by atoms with Crippen LogP contribution in [0.5, 0.6) is 0 Å². The molecule has 2 nitrogen and oxygen atoms in total. The number of anilines is 2. The maximum absolute atomic E-state index is 12.9. The number of aryl methyl sites for hydroxylation is 1. The molecule has 0 unspecified atom stereocenters. The fraction of sp³-hybridized carbons (Fsp3) is 0.231. The summed E-state index contributed by atoms with van der Waals surface area (Å²) in [5.74, 6) is -0.307. The highest BCUT2D eigenvalue weighted by atomic mass is 32.1. The van der Waals surface area contributed by atoms with Gasteiger partial charge in [0, 0.05) is 11.4 Å². The molecule has 0 saturated heterocycles. The number of nitrogens with one attached hydrogen (secondary N) is 1. The van der Waals surface area contributed by atoms with Crippen LogP contribution in [-0.4, -0.2) is 0 Å². The van der Waals surface area contributed by atoms with E-state index in [1.807, 2.05) is 0 Å². The van der Waals surface area contributed by atoms with Gasteiger partial charge in [0.15, 0.2) is 0 Å². The lowest BCUT2D eigenvalue weighted by molar-refractivity contribution is 0.628. The van der Waals surface area contributed by atoms with Crippen molar-refractivity contribution in [3.8, 4) is 0 Å². The van der Waals surface area contributed by atoms with Gasteiger partial charge in [0.25, 0.3) is 0 Å². The molecule has 0 aliphatic carbocycles. The predicted octanol–water partition coefficient (Wildman–Crippen LogP) is 3.64. The average Bonchev–Trinajstić information content (AvgIpc) is 2.75. The molecule has 17 heavy (non-hydrogen) atoms. The molecule has 0 bridgehead atoms. The number of hydrogen-bond acceptors (Lipinski definition) is 3. The summed E-state index contributed by atoms with van der Waals surface area (Å²) in [6.45, 7) is 2.87. The number of rotatable bonds is 4. The quantitative estimate of drug-likeness (QED) is 0.813. The minimum absolute atomic E-state index is 0.307. The molecule has 90 valence electrons. The summed E-state index contributed by atoms with van der Waals surface area (Å²) in [6, 6.07) is 6.55. The molecular weight excluding hydrogens is 235 g/mol. The highest BCUT2D eigenvalue weighted by Crippen LogP contribution is 2.23. The van der Waals surface area contributed by atoms with Crippen molar-refractivity contribution in [2.45, 2.75) is 19.9 Å². The Hall–Kier alpha value is -1.55. The normalized spacial score (nSPS) is 10.5. The van der Waals surface area contributed by atoms with Gasteiger partial charge in [0.1, 0.15) is 5.82 Å². The SMILES string of the molecule is CCc1ccsc1CNc1ccc(F)cc1N. The largest absolute Gasteiger partial charge is 0.397 e. The average molecular weight is 250 g/mol. The summed E-state index contributed by atoms with van der Waals surface area (Å²) in [5, 5.41) is 5.32. The molecular formula is C13H15FN2S. The van der Waals surface area contributed by atoms with Crippen molar-refractivity contribution in [3.05, 3.63) is 45.9 Å². The van der Waals surface area contributed by atoms with E-state index in [-0.39, 0.29) is 5.82 Å². The van der Waals surface area contributed by atoms with Crippen LogP contribution in [0.3, 0.4) is 0 Å². The number of halogens is 1. The number of nitrogen functional groups attached to an aromatic ring is 1. The lowest BCUT2D eigenvalue weighted by Gasteiger charge is -2.09. The minimum Gasteiger partial charge on any atom is -0.397 e. The fourth-order valence-corrected chi connectivity index (χ4v) is 2.62. The molecule has 0 aliphatic rings. The number of nitrogens with two attached hydrogens (primary N) is 1. The third-order valence-electron chi connectivity index (χ3n) is 2.67. The van der Waals surface area contributed by atoms with Crippen LogP contribution in [0.2, 0.25) is 0 Å². The monoisotopic (exact) mass is 250 g/mol. The van der Waals surface area contributed by atoms with Crippen LogP contribution < -0.4 is 11.1 Å². The molecule has 0 aliphatic heterocycles. The Morgan fingerprint density at radius 3 is 2.88 bits per heavy atom. The van der Waals surface area contributed by atoms with Gasteiger partial charge in [-0.2, -0.15) is 0 Å². The van der Waals surface area contributed by atoms with E-state index in [1.165, 1.54) is 22.6 Å². The topological polar surface area (TPSA) is 38.0 Å². The van der Waals surface area contributed by atoms with Gasteiger partial charge in [-0.05, 0) is 41.6 Å². The molecule has 0 radical (unpaired) electrons. The van der Waals surface area contributed by atoms with E-state index in [9.17, 15) is 4.39 Å². The lowest BCUT2D eigenvalue weighted by atomic mass is 10.2. The van der Waals surface area contributed by atoms with Crippen molar-refractivity contribution >= 4 is 22.7 Å². The van der Waals surface area contributed by atoms with Crippen molar-refractivity contribution in [3.63, 3.8) is 0 Å². The molecule has 0 amide bonds. The summed E-state index contributed by atoms with van der Waals surface area (Å²) in [7, 11) is 0. The molecule has 0 atom stereocenters. The first kappa shape index (κ1) is 11.9. The number of benzene rings is 1. The van der Waals surface area contributed by atoms with E-state index >= 15 is 0 Å². The molecule has 1 aromatic carbocycles. The highest BCUT2D eigenvalue weighted by Gasteiger charge is 2.04. The van der Waals surface area contributed by atoms with Crippen LogP contribution in [0.25, 0.3) is 0 Å².